The number of aryl methyl sites for hydroxylation is 1. The summed E-state index contributed by atoms with van der Waals surface area (Å²) in [6.45, 7) is 3.17. The van der Waals surface area contributed by atoms with E-state index in [-0.39, 0.29) is 18.0 Å². The third-order valence-electron chi connectivity index (χ3n) is 6.34. The van der Waals surface area contributed by atoms with Crippen molar-refractivity contribution < 1.29 is 14.3 Å². The maximum Gasteiger partial charge on any atom is 0.325 e. The summed E-state index contributed by atoms with van der Waals surface area (Å²) in [6.07, 6.45) is 1.92. The van der Waals surface area contributed by atoms with E-state index in [4.69, 9.17) is 4.74 Å². The molecule has 4 heterocycles. The summed E-state index contributed by atoms with van der Waals surface area (Å²) >= 11 is 1.52. The van der Waals surface area contributed by atoms with E-state index in [9.17, 15) is 9.59 Å². The van der Waals surface area contributed by atoms with Crippen LogP contribution in [0.25, 0.3) is 21.1 Å². The molecule has 1 aliphatic rings. The number of nitrogens with zero attached hydrogens (tertiary/aromatic N) is 3. The molecule has 1 aliphatic heterocycles. The molecule has 0 radical (unpaired) electrons. The van der Waals surface area contributed by atoms with Crippen LogP contribution in [0.1, 0.15) is 29.0 Å². The molecular weight excluding hydrogens is 450 g/mol. The van der Waals surface area contributed by atoms with Crippen LogP contribution in [0.15, 0.2) is 41.8 Å². The number of carbonyl (C=O) groups is 2. The van der Waals surface area contributed by atoms with Gasteiger partial charge in [-0.3, -0.25) is 9.36 Å². The van der Waals surface area contributed by atoms with Crippen molar-refractivity contribution in [3.63, 3.8) is 0 Å². The average Bonchev–Trinajstić information content (AvgIpc) is 3.56. The molecule has 8 nitrogen and oxygen atoms in total. The molecule has 34 heavy (non-hydrogen) atoms. The van der Waals surface area contributed by atoms with Crippen molar-refractivity contribution in [1.82, 2.24) is 19.8 Å². The van der Waals surface area contributed by atoms with E-state index in [1.165, 1.54) is 11.3 Å². The lowest BCUT2D eigenvalue weighted by atomic mass is 10.2. The second kappa shape index (κ2) is 9.08. The Hall–Kier alpha value is -3.43. The number of nitrogens with one attached hydrogen (secondary N) is 2. The summed E-state index contributed by atoms with van der Waals surface area (Å²) in [5.41, 5.74) is 3.84. The number of ether oxygens (including phenoxy) is 1. The van der Waals surface area contributed by atoms with Crippen molar-refractivity contribution in [3.8, 4) is 0 Å². The number of methoxy groups -OCH3 is 1. The molecule has 9 heteroatoms. The molecule has 3 aromatic heterocycles. The standard InChI is InChI=1S/C25H27N5O3S/c1-15-11-16-12-17(6-7-22(16)30(15)25(32)26-2)27-20-13-21(28-23-19(20)8-10-34-23)24(31)29-9-4-5-18(29)14-33-3/h6-8,10-13,18H,4-5,9,14H2,1-3H3,(H,26,32)(H,27,28). The normalized spacial score (nSPS) is 15.9. The minimum Gasteiger partial charge on any atom is -0.383 e. The first-order valence-electron chi connectivity index (χ1n) is 11.3. The predicted molar refractivity (Wildman–Crippen MR) is 135 cm³/mol. The van der Waals surface area contributed by atoms with Gasteiger partial charge in [-0.15, -0.1) is 11.3 Å². The Kier molecular flexibility index (Phi) is 5.97. The van der Waals surface area contributed by atoms with E-state index in [0.717, 1.165) is 57.6 Å². The fourth-order valence-corrected chi connectivity index (χ4v) is 5.53. The number of pyridine rings is 1. The number of thiophene rings is 1. The first-order valence-corrected chi connectivity index (χ1v) is 12.2. The molecule has 1 saturated heterocycles. The molecule has 2 amide bonds. The number of hydrogen-bond acceptors (Lipinski definition) is 6. The van der Waals surface area contributed by atoms with Crippen LogP contribution >= 0.6 is 11.3 Å². The minimum atomic E-state index is -0.167. The first kappa shape index (κ1) is 22.4. The summed E-state index contributed by atoms with van der Waals surface area (Å²) < 4.78 is 6.98. The van der Waals surface area contributed by atoms with E-state index in [1.807, 2.05) is 53.6 Å². The van der Waals surface area contributed by atoms with Crippen molar-refractivity contribution >= 4 is 55.8 Å². The van der Waals surface area contributed by atoms with Gasteiger partial charge in [0.15, 0.2) is 0 Å². The van der Waals surface area contributed by atoms with Gasteiger partial charge in [0.05, 0.1) is 23.9 Å². The van der Waals surface area contributed by atoms with Gasteiger partial charge in [0, 0.05) is 42.9 Å². The van der Waals surface area contributed by atoms with Crippen LogP contribution in [0.2, 0.25) is 0 Å². The zero-order valence-corrected chi connectivity index (χ0v) is 20.2. The van der Waals surface area contributed by atoms with E-state index in [0.29, 0.717) is 12.3 Å². The highest BCUT2D eigenvalue weighted by atomic mass is 32.1. The third-order valence-corrected chi connectivity index (χ3v) is 7.14. The lowest BCUT2D eigenvalue weighted by Gasteiger charge is -2.24. The number of amides is 2. The second-order valence-corrected chi connectivity index (χ2v) is 9.41. The number of benzene rings is 1. The molecule has 0 saturated carbocycles. The molecular formula is C25H27N5O3S. The van der Waals surface area contributed by atoms with Crippen LogP contribution in [0.4, 0.5) is 16.2 Å². The Morgan fingerprint density at radius 2 is 2.09 bits per heavy atom. The average molecular weight is 478 g/mol. The molecule has 1 unspecified atom stereocenters. The van der Waals surface area contributed by atoms with Gasteiger partial charge in [-0.1, -0.05) is 0 Å². The van der Waals surface area contributed by atoms with Gasteiger partial charge >= 0.3 is 6.03 Å². The molecule has 1 fully saturated rings. The predicted octanol–water partition coefficient (Wildman–Crippen LogP) is 4.74. The van der Waals surface area contributed by atoms with E-state index >= 15 is 0 Å². The van der Waals surface area contributed by atoms with Gasteiger partial charge in [0.25, 0.3) is 5.91 Å². The number of carbonyl (C=O) groups excluding carboxylic acids is 2. The first-order chi connectivity index (χ1) is 16.5. The van der Waals surface area contributed by atoms with Crippen LogP contribution in [-0.2, 0) is 4.74 Å². The van der Waals surface area contributed by atoms with Gasteiger partial charge in [-0.05, 0) is 61.5 Å². The molecule has 176 valence electrons. The molecule has 0 spiro atoms. The molecule has 1 aromatic carbocycles. The molecule has 1 atom stereocenters. The molecule has 4 aromatic rings. The van der Waals surface area contributed by atoms with Crippen molar-refractivity contribution in [2.24, 2.45) is 0 Å². The Labute approximate surface area is 201 Å². The van der Waals surface area contributed by atoms with Crippen LogP contribution in [0.5, 0.6) is 0 Å². The smallest absolute Gasteiger partial charge is 0.325 e. The molecule has 0 bridgehead atoms. The highest BCUT2D eigenvalue weighted by Crippen LogP contribution is 2.32. The van der Waals surface area contributed by atoms with Crippen molar-refractivity contribution in [2.75, 3.05) is 32.6 Å². The Balaban J connectivity index is 1.49. The molecule has 0 aliphatic carbocycles. The van der Waals surface area contributed by atoms with Gasteiger partial charge in [0.1, 0.15) is 10.5 Å². The van der Waals surface area contributed by atoms with E-state index in [1.54, 1.807) is 18.7 Å². The fraction of sp³-hybridized carbons (Fsp3) is 0.320. The summed E-state index contributed by atoms with van der Waals surface area (Å²) in [5, 5.41) is 10.1. The number of rotatable bonds is 5. The van der Waals surface area contributed by atoms with Gasteiger partial charge in [0.2, 0.25) is 0 Å². The van der Waals surface area contributed by atoms with Gasteiger partial charge in [-0.2, -0.15) is 0 Å². The van der Waals surface area contributed by atoms with Crippen LogP contribution in [0, 0.1) is 6.92 Å². The van der Waals surface area contributed by atoms with Crippen molar-refractivity contribution in [3.05, 3.63) is 53.2 Å². The van der Waals surface area contributed by atoms with E-state index in [2.05, 4.69) is 15.6 Å². The van der Waals surface area contributed by atoms with Crippen molar-refractivity contribution in [1.29, 1.82) is 0 Å². The quantitative estimate of drug-likeness (QED) is 0.433. The number of likely N-dealkylation sites (tertiary alicyclic amines) is 1. The third kappa shape index (κ3) is 3.91. The van der Waals surface area contributed by atoms with Gasteiger partial charge in [-0.25, -0.2) is 9.78 Å². The number of fused-ring (bicyclic) bond motifs is 2. The zero-order valence-electron chi connectivity index (χ0n) is 19.4. The number of anilines is 2. The summed E-state index contributed by atoms with van der Waals surface area (Å²) in [5.74, 6) is -0.0633. The summed E-state index contributed by atoms with van der Waals surface area (Å²) in [7, 11) is 3.29. The highest BCUT2D eigenvalue weighted by molar-refractivity contribution is 7.16. The fourth-order valence-electron chi connectivity index (χ4n) is 4.75. The monoisotopic (exact) mass is 477 g/mol. The van der Waals surface area contributed by atoms with Crippen LogP contribution in [-0.4, -0.2) is 59.7 Å². The number of aromatic nitrogens is 2. The Bertz CT molecular complexity index is 1390. The topological polar surface area (TPSA) is 88.5 Å². The van der Waals surface area contributed by atoms with Crippen LogP contribution < -0.4 is 10.6 Å². The lowest BCUT2D eigenvalue weighted by molar-refractivity contribution is 0.0625. The second-order valence-electron chi connectivity index (χ2n) is 8.52. The largest absolute Gasteiger partial charge is 0.383 e. The van der Waals surface area contributed by atoms with Gasteiger partial charge < -0.3 is 20.3 Å². The maximum atomic E-state index is 13.4. The lowest BCUT2D eigenvalue weighted by Crippen LogP contribution is -2.38. The zero-order chi connectivity index (χ0) is 23.8. The highest BCUT2D eigenvalue weighted by Gasteiger charge is 2.30. The van der Waals surface area contributed by atoms with Crippen molar-refractivity contribution in [2.45, 2.75) is 25.8 Å². The number of hydrogen-bond donors (Lipinski definition) is 2. The SMILES string of the molecule is CNC(=O)n1c(C)cc2cc(Nc3cc(C(=O)N4CCCC4COC)nc4sccc34)ccc21. The van der Waals surface area contributed by atoms with Crippen LogP contribution in [0.3, 0.4) is 0 Å². The Morgan fingerprint density at radius 3 is 2.88 bits per heavy atom. The van der Waals surface area contributed by atoms with E-state index < -0.39 is 0 Å². The maximum absolute atomic E-state index is 13.4. The molecule has 5 rings (SSSR count). The minimum absolute atomic E-state index is 0.0633. The summed E-state index contributed by atoms with van der Waals surface area (Å²) in [6, 6.07) is 11.6. The molecule has 2 N–H and O–H groups in total. The Morgan fingerprint density at radius 1 is 1.24 bits per heavy atom. The summed E-state index contributed by atoms with van der Waals surface area (Å²) in [4.78, 5) is 33.0.